The lowest BCUT2D eigenvalue weighted by Gasteiger charge is -2.33. The lowest BCUT2D eigenvalue weighted by Crippen LogP contribution is -2.62. The summed E-state index contributed by atoms with van der Waals surface area (Å²) in [5.74, 6) is -17.0. The van der Waals surface area contributed by atoms with E-state index in [1.54, 1.807) is 37.4 Å². The Morgan fingerprint density at radius 2 is 1.16 bits per heavy atom. The number of hydrogen-bond donors (Lipinski definition) is 16. The van der Waals surface area contributed by atoms with E-state index >= 15 is 0 Å². The summed E-state index contributed by atoms with van der Waals surface area (Å²) in [6.07, 6.45) is 6.64. The van der Waals surface area contributed by atoms with Gasteiger partial charge in [-0.3, -0.25) is 81.5 Å². The van der Waals surface area contributed by atoms with Crippen LogP contribution in [0.2, 0.25) is 0 Å². The van der Waals surface area contributed by atoms with Crippen molar-refractivity contribution in [1.29, 1.82) is 0 Å². The van der Waals surface area contributed by atoms with Gasteiger partial charge in [-0.25, -0.2) is 10.9 Å². The van der Waals surface area contributed by atoms with Crippen molar-refractivity contribution >= 4 is 111 Å². The number of carbonyl (C=O) groups excluding carboxylic acids is 16. The summed E-state index contributed by atoms with van der Waals surface area (Å²) in [6, 6.07) is -1.45. The zero-order valence-corrected chi connectivity index (χ0v) is 66.3. The summed E-state index contributed by atoms with van der Waals surface area (Å²) < 4.78 is 0. The van der Waals surface area contributed by atoms with Crippen LogP contribution in [0.5, 0.6) is 5.75 Å². The van der Waals surface area contributed by atoms with Gasteiger partial charge in [0, 0.05) is 68.1 Å². The van der Waals surface area contributed by atoms with E-state index in [2.05, 4.69) is 63.7 Å². The number of primary amides is 2. The summed E-state index contributed by atoms with van der Waals surface area (Å²) >= 11 is 0. The number of fused-ring (bicyclic) bond motifs is 1. The molecule has 1 aliphatic rings. The molecule has 1 aliphatic heterocycles. The molecule has 33 nitrogen and oxygen atoms in total. The lowest BCUT2D eigenvalue weighted by molar-refractivity contribution is -0.140. The number of aliphatic carboxylic acids is 1. The smallest absolute Gasteiger partial charge is 0.303 e. The van der Waals surface area contributed by atoms with Gasteiger partial charge in [0.1, 0.15) is 47.3 Å². The van der Waals surface area contributed by atoms with Crippen molar-refractivity contribution in [1.82, 2.24) is 63.7 Å². The zero-order chi connectivity index (χ0) is 83.9. The number of allylic oxidation sites excluding steroid dienone is 2. The van der Waals surface area contributed by atoms with E-state index < -0.39 is 196 Å². The number of rotatable bonds is 30. The molecule has 3 unspecified atom stereocenters. The molecule has 0 spiro atoms. The number of amides is 10. The molecule has 624 valence electrons. The number of nitrogens with one attached hydrogen (secondary N) is 12. The monoisotopic (exact) mass is 1580 g/mol. The van der Waals surface area contributed by atoms with Gasteiger partial charge in [0.2, 0.25) is 82.2 Å². The number of hydrazine groups is 1. The standard InChI is InChI=1S/C79H116N14O19.CH4/c1-43(2)36-54-42-83-58(30-32-63(80)97)68(103)66(101)48(7)85-74(109)61(39-53-41-82-57-25-21-20-24-56(53)57)89-75(110)60(38-52-26-28-55(95)29-27-52)88-73(108)59(31-33-64(98)99)90-76(111)78(11,40-45(4)94)34-22-18-16-14-13-15-17-19-23-35-79(12,91-72(54)107)77(112)87-51(10)71(106)86-50(9)70(105)84-47(6)65(100)67(102)49(8)93-92-46(5)62(96)37-44(3)69(81)104;/h15,17,20-21,24-29,41,43-44,46-51,54,58-61,82-83,92-93,95H,13-14,16,18-19,22-23,30-40,42H2,1-12H3,(H2,80,97)(H2,81,104)(H,84,105)(H,85,109)(H,86,106)(H,87,112)(H,88,108)(H,89,110)(H,90,111)(H,91,107)(H,98,99);1H4/b17-15+;/t44-,46+,47-,48?,49-,50?,51-,54+,58-,59-,60?,61-,78-,79-;/m0./s1. The number of carbonyl (C=O) groups is 17. The topological polar surface area (TPSA) is 531 Å². The molecule has 14 atom stereocenters. The number of phenols is 1. The van der Waals surface area contributed by atoms with E-state index in [0.717, 1.165) is 0 Å². The normalized spacial score (nSPS) is 23.2. The third-order valence-corrected chi connectivity index (χ3v) is 19.8. The third-order valence-electron chi connectivity index (χ3n) is 19.8. The second-order valence-electron chi connectivity index (χ2n) is 30.4. The van der Waals surface area contributed by atoms with Gasteiger partial charge in [-0.05, 0) is 148 Å². The maximum atomic E-state index is 15.0. The number of aromatic amines is 1. The molecule has 10 amide bonds. The number of ketones is 6. The van der Waals surface area contributed by atoms with Gasteiger partial charge in [0.05, 0.1) is 41.5 Å². The van der Waals surface area contributed by atoms with E-state index in [1.807, 2.05) is 26.0 Å². The van der Waals surface area contributed by atoms with Crippen LogP contribution in [0.3, 0.4) is 0 Å². The SMILES string of the molecule is C.CC(=O)C[C@]1(C)CCCCCC/C=C/CCC[C@@](C)(C(=O)N[C@@H](C)C(=O)NC(C)C(=O)N[C@@H](C)C(=O)C(=O)[C@H](C)NN[C@H](C)C(=O)C[C@H](C)C(N)=O)NC(=O)[C@H](CC(C)C)CN[C@@H](CCC(N)=O)C(=O)C(=O)C(C)NC(=O)[C@H](Cc2c[nH]c3ccccc23)NC(=O)C(Cc2ccc(O)cc2)NC(=O)[C@H](CCC(=O)O)NC1=O. The van der Waals surface area contributed by atoms with E-state index in [-0.39, 0.29) is 82.8 Å². The van der Waals surface area contributed by atoms with Crippen molar-refractivity contribution in [3.63, 3.8) is 0 Å². The minimum Gasteiger partial charge on any atom is -0.508 e. The number of benzene rings is 2. The molecule has 0 fully saturated rings. The number of phenolic OH excluding ortho intramolecular Hbond substituents is 1. The fourth-order valence-electron chi connectivity index (χ4n) is 12.7. The van der Waals surface area contributed by atoms with Crippen LogP contribution in [0, 0.1) is 23.2 Å². The number of carboxylic acids is 1. The van der Waals surface area contributed by atoms with Gasteiger partial charge >= 0.3 is 5.97 Å². The first-order chi connectivity index (χ1) is 52.6. The van der Waals surface area contributed by atoms with Crippen molar-refractivity contribution < 1.29 is 91.7 Å². The number of para-hydroxylation sites is 1. The Morgan fingerprint density at radius 1 is 0.602 bits per heavy atom. The number of H-pyrrole nitrogens is 1. The molecule has 0 saturated carbocycles. The van der Waals surface area contributed by atoms with Crippen LogP contribution in [0.1, 0.15) is 204 Å². The highest BCUT2D eigenvalue weighted by molar-refractivity contribution is 6.41. The van der Waals surface area contributed by atoms with Gasteiger partial charge in [-0.1, -0.05) is 96.9 Å². The highest BCUT2D eigenvalue weighted by Crippen LogP contribution is 2.31. The third kappa shape index (κ3) is 31.9. The first-order valence-electron chi connectivity index (χ1n) is 38.2. The minimum atomic E-state index is -1.78. The van der Waals surface area contributed by atoms with Gasteiger partial charge in [-0.15, -0.1) is 0 Å². The van der Waals surface area contributed by atoms with Crippen molar-refractivity contribution in [3.8, 4) is 5.75 Å². The molecule has 0 radical (unpaired) electrons. The number of aromatic nitrogens is 1. The summed E-state index contributed by atoms with van der Waals surface area (Å²) in [4.78, 5) is 236. The van der Waals surface area contributed by atoms with Crippen LogP contribution >= 0.6 is 0 Å². The van der Waals surface area contributed by atoms with Crippen molar-refractivity contribution in [2.75, 3.05) is 6.54 Å². The molecule has 113 heavy (non-hydrogen) atoms. The van der Waals surface area contributed by atoms with Crippen LogP contribution in [0.4, 0.5) is 0 Å². The summed E-state index contributed by atoms with van der Waals surface area (Å²) in [6.45, 7) is 17.0. The number of Topliss-reactive ketones (excluding diaryl/α,β-unsaturated/α-hetero) is 6. The maximum Gasteiger partial charge on any atom is 0.303 e. The fraction of sp³-hybridized carbons (Fsp3) is 0.588. The second kappa shape index (κ2) is 46.6. The predicted octanol–water partition coefficient (Wildman–Crippen LogP) is 2.69. The Balaban J connectivity index is 0.0000331. The predicted molar refractivity (Wildman–Crippen MR) is 421 cm³/mol. The van der Waals surface area contributed by atoms with Gasteiger partial charge in [-0.2, -0.15) is 0 Å². The summed E-state index contributed by atoms with van der Waals surface area (Å²) in [5, 5.41) is 44.7. The Labute approximate surface area is 660 Å². The summed E-state index contributed by atoms with van der Waals surface area (Å²) in [7, 11) is 0. The first-order valence-corrected chi connectivity index (χ1v) is 38.2. The van der Waals surface area contributed by atoms with Crippen molar-refractivity contribution in [3.05, 3.63) is 78.0 Å². The highest BCUT2D eigenvalue weighted by Gasteiger charge is 2.42. The van der Waals surface area contributed by atoms with Crippen LogP contribution in [-0.2, 0) is 94.3 Å². The molecule has 2 heterocycles. The van der Waals surface area contributed by atoms with Crippen LogP contribution in [-0.4, -0.2) is 187 Å². The average molecular weight is 1580 g/mol. The molecule has 0 aliphatic carbocycles. The van der Waals surface area contributed by atoms with Crippen molar-refractivity contribution in [2.24, 2.45) is 34.6 Å². The van der Waals surface area contributed by atoms with E-state index in [1.165, 1.54) is 86.6 Å². The maximum absolute atomic E-state index is 15.0. The number of nitrogens with two attached hydrogens (primary N) is 2. The average Bonchev–Trinajstić information content (AvgIpc) is 1.81. The van der Waals surface area contributed by atoms with Gasteiger partial charge in [0.15, 0.2) is 5.78 Å². The van der Waals surface area contributed by atoms with Gasteiger partial charge < -0.3 is 74.5 Å². The van der Waals surface area contributed by atoms with Crippen LogP contribution < -0.4 is 70.2 Å². The molecular formula is C80H120N14O19. The van der Waals surface area contributed by atoms with Crippen LogP contribution in [0.15, 0.2) is 66.9 Å². The Hall–Kier alpha value is -10.4. The molecule has 3 aromatic rings. The Bertz CT molecular complexity index is 3900. The second-order valence-corrected chi connectivity index (χ2v) is 30.4. The molecule has 2 aromatic carbocycles. The fourth-order valence-corrected chi connectivity index (χ4v) is 12.7. The Kier molecular flexibility index (Phi) is 39.9. The van der Waals surface area contributed by atoms with E-state index in [9.17, 15) is 91.7 Å². The largest absolute Gasteiger partial charge is 0.508 e. The van der Waals surface area contributed by atoms with Crippen LogP contribution in [0.25, 0.3) is 10.9 Å². The Morgan fingerprint density at radius 3 is 1.77 bits per heavy atom. The van der Waals surface area contributed by atoms with Gasteiger partial charge in [0.25, 0.3) is 0 Å². The van der Waals surface area contributed by atoms with E-state index in [0.29, 0.717) is 67.0 Å². The number of carboxylic acid groups (broad SMARTS) is 1. The lowest BCUT2D eigenvalue weighted by atomic mass is 9.79. The van der Waals surface area contributed by atoms with E-state index in [4.69, 9.17) is 11.5 Å². The molecule has 1 aromatic heterocycles. The number of hydrogen-bond acceptors (Lipinski definition) is 21. The summed E-state index contributed by atoms with van der Waals surface area (Å²) in [5.41, 5.74) is 14.4. The minimum absolute atomic E-state index is 0. The molecule has 0 saturated heterocycles. The molecular weight excluding hydrogens is 1460 g/mol. The van der Waals surface area contributed by atoms with Crippen molar-refractivity contribution in [2.45, 2.75) is 272 Å². The number of aromatic hydroxyl groups is 1. The molecule has 33 heteroatoms. The zero-order valence-electron chi connectivity index (χ0n) is 66.3. The quantitative estimate of drug-likeness (QED) is 0.0259. The molecule has 4 rings (SSSR count). The highest BCUT2D eigenvalue weighted by atomic mass is 16.4. The molecule has 18 N–H and O–H groups in total. The first kappa shape index (κ1) is 96.8. The molecule has 0 bridgehead atoms.